The van der Waals surface area contributed by atoms with Gasteiger partial charge in [-0.25, -0.2) is 0 Å². The predicted molar refractivity (Wildman–Crippen MR) is 91.1 cm³/mol. The molecule has 3 N–H and O–H groups in total. The first-order chi connectivity index (χ1) is 9.93. The largest absolute Gasteiger partial charge is 0.392 e. The summed E-state index contributed by atoms with van der Waals surface area (Å²) >= 11 is 4.97. The zero-order valence-electron chi connectivity index (χ0n) is 12.1. The lowest BCUT2D eigenvalue weighted by molar-refractivity contribution is -0.121. The van der Waals surface area contributed by atoms with Gasteiger partial charge in [0.1, 0.15) is 0 Å². The van der Waals surface area contributed by atoms with Crippen LogP contribution in [0.15, 0.2) is 54.6 Å². The number of carbonyl (C=O) groups is 1. The second kappa shape index (κ2) is 6.06. The molecule has 3 nitrogen and oxygen atoms in total. The summed E-state index contributed by atoms with van der Waals surface area (Å²) in [6, 6.07) is 17.6. The minimum atomic E-state index is -0.890. The van der Waals surface area contributed by atoms with Gasteiger partial charge in [-0.2, -0.15) is 0 Å². The number of nitrogens with one attached hydrogen (secondary N) is 1. The Bertz CT molecular complexity index is 666. The average Bonchev–Trinajstić information content (AvgIpc) is 2.48. The maximum Gasteiger partial charge on any atom is 0.236 e. The smallest absolute Gasteiger partial charge is 0.236 e. The third kappa shape index (κ3) is 3.28. The molecule has 0 fully saturated rings. The van der Waals surface area contributed by atoms with Gasteiger partial charge in [0.25, 0.3) is 0 Å². The Kier molecular flexibility index (Phi) is 4.38. The number of hydrogen-bond acceptors (Lipinski definition) is 2. The zero-order valence-corrected chi connectivity index (χ0v) is 12.9. The number of amides is 1. The van der Waals surface area contributed by atoms with Gasteiger partial charge in [-0.1, -0.05) is 60.7 Å². The maximum absolute atomic E-state index is 12.4. The van der Waals surface area contributed by atoms with Crippen LogP contribution < -0.4 is 11.1 Å². The Morgan fingerprint density at radius 3 is 2.24 bits per heavy atom. The van der Waals surface area contributed by atoms with Gasteiger partial charge in [0.2, 0.25) is 5.91 Å². The van der Waals surface area contributed by atoms with Crippen LogP contribution in [0, 0.1) is 5.41 Å². The normalized spacial score (nSPS) is 11.0. The van der Waals surface area contributed by atoms with Crippen LogP contribution in [0.3, 0.4) is 0 Å². The van der Waals surface area contributed by atoms with Crippen molar-refractivity contribution in [3.8, 4) is 11.1 Å². The van der Waals surface area contributed by atoms with Crippen LogP contribution in [0.25, 0.3) is 11.1 Å². The molecule has 0 radical (unpaired) electrons. The highest BCUT2D eigenvalue weighted by molar-refractivity contribution is 7.80. The Morgan fingerprint density at radius 1 is 1.05 bits per heavy atom. The summed E-state index contributed by atoms with van der Waals surface area (Å²) in [6.07, 6.45) is 0. The number of nitrogens with two attached hydrogens (primary N) is 1. The number of carbonyl (C=O) groups excluding carboxylic acids is 1. The number of thiocarbonyl (C=S) groups is 1. The molecule has 0 spiro atoms. The van der Waals surface area contributed by atoms with E-state index in [4.69, 9.17) is 18.0 Å². The van der Waals surface area contributed by atoms with Gasteiger partial charge in [0, 0.05) is 11.3 Å². The second-order valence-electron chi connectivity index (χ2n) is 5.35. The molecule has 2 aromatic carbocycles. The lowest BCUT2D eigenvalue weighted by Gasteiger charge is -2.23. The highest BCUT2D eigenvalue weighted by atomic mass is 32.1. The first-order valence-electron chi connectivity index (χ1n) is 6.68. The quantitative estimate of drug-likeness (QED) is 0.848. The molecule has 1 amide bonds. The summed E-state index contributed by atoms with van der Waals surface area (Å²) in [5, 5.41) is 2.92. The van der Waals surface area contributed by atoms with Crippen molar-refractivity contribution < 1.29 is 4.79 Å². The topological polar surface area (TPSA) is 55.1 Å². The monoisotopic (exact) mass is 298 g/mol. The van der Waals surface area contributed by atoms with Gasteiger partial charge < -0.3 is 11.1 Å². The third-order valence-corrected chi connectivity index (χ3v) is 3.95. The molecule has 0 atom stereocenters. The van der Waals surface area contributed by atoms with Crippen molar-refractivity contribution in [2.75, 3.05) is 5.32 Å². The van der Waals surface area contributed by atoms with Crippen LogP contribution in [0.5, 0.6) is 0 Å². The van der Waals surface area contributed by atoms with E-state index in [-0.39, 0.29) is 10.9 Å². The molecule has 2 rings (SSSR count). The van der Waals surface area contributed by atoms with E-state index < -0.39 is 5.41 Å². The molecule has 0 aliphatic heterocycles. The summed E-state index contributed by atoms with van der Waals surface area (Å²) < 4.78 is 0. The van der Waals surface area contributed by atoms with Crippen molar-refractivity contribution in [3.05, 3.63) is 54.6 Å². The van der Waals surface area contributed by atoms with Gasteiger partial charge >= 0.3 is 0 Å². The van der Waals surface area contributed by atoms with E-state index in [2.05, 4.69) is 5.32 Å². The fourth-order valence-corrected chi connectivity index (χ4v) is 1.94. The van der Waals surface area contributed by atoms with Crippen LogP contribution in [0.2, 0.25) is 0 Å². The number of anilines is 1. The van der Waals surface area contributed by atoms with E-state index in [1.54, 1.807) is 13.8 Å². The first-order valence-corrected chi connectivity index (χ1v) is 7.09. The van der Waals surface area contributed by atoms with Gasteiger partial charge in [-0.15, -0.1) is 0 Å². The molecule has 0 bridgehead atoms. The Balaban J connectivity index is 2.34. The Labute approximate surface area is 130 Å². The Hall–Kier alpha value is -2.20. The van der Waals surface area contributed by atoms with E-state index in [1.807, 2.05) is 54.6 Å². The second-order valence-corrected chi connectivity index (χ2v) is 5.79. The zero-order chi connectivity index (χ0) is 15.5. The molecule has 4 heteroatoms. The maximum atomic E-state index is 12.4. The standard InChI is InChI=1S/C17H18N2OS/c1-17(2,15(18)21)16(20)19-14-11-7-6-10-13(14)12-8-4-3-5-9-12/h3-11H,1-2H3,(H2,18,21)(H,19,20). The fraction of sp³-hybridized carbons (Fsp3) is 0.176. The third-order valence-electron chi connectivity index (χ3n) is 3.44. The first kappa shape index (κ1) is 15.2. The molecule has 2 aromatic rings. The predicted octanol–water partition coefficient (Wildman–Crippen LogP) is 3.60. The summed E-state index contributed by atoms with van der Waals surface area (Å²) in [6.45, 7) is 3.44. The van der Waals surface area contributed by atoms with E-state index in [9.17, 15) is 4.79 Å². The van der Waals surface area contributed by atoms with Crippen LogP contribution in [0.1, 0.15) is 13.8 Å². The van der Waals surface area contributed by atoms with E-state index >= 15 is 0 Å². The molecular weight excluding hydrogens is 280 g/mol. The Morgan fingerprint density at radius 2 is 1.62 bits per heavy atom. The van der Waals surface area contributed by atoms with Crippen molar-refractivity contribution >= 4 is 28.8 Å². The van der Waals surface area contributed by atoms with Crippen LogP contribution >= 0.6 is 12.2 Å². The lowest BCUT2D eigenvalue weighted by atomic mass is 9.92. The molecule has 0 saturated heterocycles. The van der Waals surface area contributed by atoms with Crippen LogP contribution in [0.4, 0.5) is 5.69 Å². The van der Waals surface area contributed by atoms with E-state index in [0.29, 0.717) is 0 Å². The van der Waals surface area contributed by atoms with Gasteiger partial charge in [0.05, 0.1) is 10.4 Å². The highest BCUT2D eigenvalue weighted by Crippen LogP contribution is 2.29. The van der Waals surface area contributed by atoms with Crippen LogP contribution in [-0.2, 0) is 4.79 Å². The summed E-state index contributed by atoms with van der Waals surface area (Å²) in [5.41, 5.74) is 7.51. The summed E-state index contributed by atoms with van der Waals surface area (Å²) in [4.78, 5) is 12.6. The number of hydrogen-bond donors (Lipinski definition) is 2. The van der Waals surface area contributed by atoms with Crippen molar-refractivity contribution in [1.82, 2.24) is 0 Å². The lowest BCUT2D eigenvalue weighted by Crippen LogP contribution is -2.41. The molecule has 0 unspecified atom stereocenters. The van der Waals surface area contributed by atoms with Crippen molar-refractivity contribution in [2.24, 2.45) is 11.1 Å². The molecule has 0 aromatic heterocycles. The minimum Gasteiger partial charge on any atom is -0.392 e. The van der Waals surface area contributed by atoms with Gasteiger partial charge in [-0.3, -0.25) is 4.79 Å². The molecular formula is C17H18N2OS. The molecule has 21 heavy (non-hydrogen) atoms. The molecule has 0 aliphatic carbocycles. The molecule has 0 aliphatic rings. The summed E-state index contributed by atoms with van der Waals surface area (Å²) in [7, 11) is 0. The number of para-hydroxylation sites is 1. The summed E-state index contributed by atoms with van der Waals surface area (Å²) in [5.74, 6) is -0.210. The molecule has 108 valence electrons. The highest BCUT2D eigenvalue weighted by Gasteiger charge is 2.31. The number of rotatable bonds is 4. The number of benzene rings is 2. The molecule has 0 saturated carbocycles. The van der Waals surface area contributed by atoms with E-state index in [1.165, 1.54) is 0 Å². The van der Waals surface area contributed by atoms with Crippen molar-refractivity contribution in [1.29, 1.82) is 0 Å². The SMILES string of the molecule is CC(C)(C(=O)Nc1ccccc1-c1ccccc1)C(N)=S. The van der Waals surface area contributed by atoms with Gasteiger partial charge in [0.15, 0.2) is 0 Å². The average molecular weight is 298 g/mol. The van der Waals surface area contributed by atoms with Crippen LogP contribution in [-0.4, -0.2) is 10.9 Å². The van der Waals surface area contributed by atoms with Crippen molar-refractivity contribution in [3.63, 3.8) is 0 Å². The molecule has 0 heterocycles. The fourth-order valence-electron chi connectivity index (χ4n) is 1.85. The van der Waals surface area contributed by atoms with Crippen molar-refractivity contribution in [2.45, 2.75) is 13.8 Å². The van der Waals surface area contributed by atoms with Gasteiger partial charge in [-0.05, 0) is 25.5 Å². The van der Waals surface area contributed by atoms with E-state index in [0.717, 1.165) is 16.8 Å². The minimum absolute atomic E-state index is 0.178.